The van der Waals surface area contributed by atoms with Crippen LogP contribution in [0.25, 0.3) is 0 Å². The summed E-state index contributed by atoms with van der Waals surface area (Å²) >= 11 is 5.90. The highest BCUT2D eigenvalue weighted by molar-refractivity contribution is 6.30. The van der Waals surface area contributed by atoms with Gasteiger partial charge in [-0.2, -0.15) is 0 Å². The van der Waals surface area contributed by atoms with Gasteiger partial charge in [-0.3, -0.25) is 10.2 Å². The SMILES string of the molecule is COC(=O)C(C)(C)CN(C(=O)NCc1ccc(Cl)cc1)C(=O)NNNc1ccc(OCC2CC2)cc1. The lowest BCUT2D eigenvalue weighted by molar-refractivity contribution is -0.151. The molecule has 4 N–H and O–H groups in total. The molecule has 2 aromatic carbocycles. The van der Waals surface area contributed by atoms with Crippen molar-refractivity contribution >= 4 is 35.3 Å². The zero-order chi connectivity index (χ0) is 26.1. The summed E-state index contributed by atoms with van der Waals surface area (Å²) in [5.74, 6) is 0.876. The number of halogens is 1. The van der Waals surface area contributed by atoms with E-state index in [9.17, 15) is 14.4 Å². The molecule has 0 aromatic heterocycles. The number of hydrazine groups is 2. The summed E-state index contributed by atoms with van der Waals surface area (Å²) in [7, 11) is 1.25. The number of methoxy groups -OCH3 is 1. The second-order valence-corrected chi connectivity index (χ2v) is 9.64. The van der Waals surface area contributed by atoms with E-state index >= 15 is 0 Å². The minimum Gasteiger partial charge on any atom is -0.493 e. The Morgan fingerprint density at radius 2 is 1.69 bits per heavy atom. The number of hydrogen-bond acceptors (Lipinski definition) is 7. The number of benzene rings is 2. The molecule has 0 atom stereocenters. The first-order chi connectivity index (χ1) is 17.2. The predicted octanol–water partition coefficient (Wildman–Crippen LogP) is 4.08. The summed E-state index contributed by atoms with van der Waals surface area (Å²) in [6, 6.07) is 12.7. The van der Waals surface area contributed by atoms with Crippen molar-refractivity contribution in [3.05, 3.63) is 59.1 Å². The Kier molecular flexibility index (Phi) is 9.38. The highest BCUT2D eigenvalue weighted by Crippen LogP contribution is 2.29. The Hall–Kier alpha value is -3.50. The smallest absolute Gasteiger partial charge is 0.341 e. The van der Waals surface area contributed by atoms with Gasteiger partial charge in [-0.25, -0.2) is 14.5 Å². The maximum Gasteiger partial charge on any atom is 0.341 e. The molecule has 1 fully saturated rings. The molecular formula is C25H32ClN5O5. The fourth-order valence-electron chi connectivity index (χ4n) is 3.20. The van der Waals surface area contributed by atoms with Crippen LogP contribution in [-0.2, 0) is 16.1 Å². The molecule has 11 heteroatoms. The van der Waals surface area contributed by atoms with E-state index in [2.05, 4.69) is 21.7 Å². The lowest BCUT2D eigenvalue weighted by Crippen LogP contribution is -2.56. The van der Waals surface area contributed by atoms with E-state index in [1.54, 1.807) is 50.2 Å². The van der Waals surface area contributed by atoms with Gasteiger partial charge < -0.3 is 20.2 Å². The minimum absolute atomic E-state index is 0.166. The van der Waals surface area contributed by atoms with Crippen molar-refractivity contribution in [2.75, 3.05) is 25.7 Å². The number of imide groups is 1. The van der Waals surface area contributed by atoms with Crippen LogP contribution in [-0.4, -0.2) is 43.2 Å². The first-order valence-corrected chi connectivity index (χ1v) is 12.0. The van der Waals surface area contributed by atoms with Crippen LogP contribution < -0.4 is 26.4 Å². The van der Waals surface area contributed by atoms with E-state index in [1.807, 2.05) is 12.1 Å². The zero-order valence-electron chi connectivity index (χ0n) is 20.6. The average molecular weight is 518 g/mol. The fourth-order valence-corrected chi connectivity index (χ4v) is 3.33. The highest BCUT2D eigenvalue weighted by Gasteiger charge is 2.36. The molecule has 0 unspecified atom stereocenters. The predicted molar refractivity (Wildman–Crippen MR) is 136 cm³/mol. The number of urea groups is 2. The molecule has 0 radical (unpaired) electrons. The minimum atomic E-state index is -1.13. The third kappa shape index (κ3) is 8.31. The number of carbonyl (C=O) groups excluding carboxylic acids is 3. The molecule has 1 aliphatic carbocycles. The molecule has 1 saturated carbocycles. The molecule has 0 aliphatic heterocycles. The van der Waals surface area contributed by atoms with Crippen LogP contribution in [0.1, 0.15) is 32.3 Å². The van der Waals surface area contributed by atoms with Crippen LogP contribution >= 0.6 is 11.6 Å². The normalized spacial score (nSPS) is 12.9. The van der Waals surface area contributed by atoms with Gasteiger partial charge in [0.05, 0.1) is 24.8 Å². The quantitative estimate of drug-likeness (QED) is 0.262. The third-order valence-electron chi connectivity index (χ3n) is 5.55. The van der Waals surface area contributed by atoms with Crippen LogP contribution in [0.2, 0.25) is 5.02 Å². The molecule has 0 spiro atoms. The molecular weight excluding hydrogens is 486 g/mol. The third-order valence-corrected chi connectivity index (χ3v) is 5.80. The molecule has 10 nitrogen and oxygen atoms in total. The Bertz CT molecular complexity index is 1040. The fraction of sp³-hybridized carbons (Fsp3) is 0.400. The van der Waals surface area contributed by atoms with E-state index < -0.39 is 23.4 Å². The first-order valence-electron chi connectivity index (χ1n) is 11.6. The molecule has 194 valence electrons. The number of hydrogen-bond donors (Lipinski definition) is 4. The van der Waals surface area contributed by atoms with Gasteiger partial charge >= 0.3 is 18.0 Å². The summed E-state index contributed by atoms with van der Waals surface area (Å²) in [5.41, 5.74) is 8.17. The summed E-state index contributed by atoms with van der Waals surface area (Å²) in [5, 5.41) is 3.26. The van der Waals surface area contributed by atoms with Gasteiger partial charge in [0.15, 0.2) is 0 Å². The summed E-state index contributed by atoms with van der Waals surface area (Å²) in [4.78, 5) is 38.9. The van der Waals surface area contributed by atoms with Crippen molar-refractivity contribution in [1.82, 2.24) is 21.2 Å². The van der Waals surface area contributed by atoms with Crippen molar-refractivity contribution in [1.29, 1.82) is 0 Å². The van der Waals surface area contributed by atoms with E-state index in [0.717, 1.165) is 22.8 Å². The molecule has 1 aliphatic rings. The van der Waals surface area contributed by atoms with E-state index in [1.165, 1.54) is 20.0 Å². The molecule has 2 aromatic rings. The Morgan fingerprint density at radius 1 is 1.03 bits per heavy atom. The average Bonchev–Trinajstić information content (AvgIpc) is 3.70. The first kappa shape index (κ1) is 27.1. The van der Waals surface area contributed by atoms with Crippen molar-refractivity contribution in [3.8, 4) is 5.75 Å². The van der Waals surface area contributed by atoms with Crippen molar-refractivity contribution in [2.24, 2.45) is 11.3 Å². The van der Waals surface area contributed by atoms with Crippen LogP contribution in [0.15, 0.2) is 48.5 Å². The van der Waals surface area contributed by atoms with E-state index in [-0.39, 0.29) is 13.1 Å². The molecule has 4 amide bonds. The van der Waals surface area contributed by atoms with Gasteiger partial charge in [0.2, 0.25) is 0 Å². The zero-order valence-corrected chi connectivity index (χ0v) is 21.4. The summed E-state index contributed by atoms with van der Waals surface area (Å²) in [6.07, 6.45) is 2.44. The second kappa shape index (κ2) is 12.5. The van der Waals surface area contributed by atoms with Crippen LogP contribution in [0.4, 0.5) is 15.3 Å². The van der Waals surface area contributed by atoms with Crippen molar-refractivity contribution in [3.63, 3.8) is 0 Å². The van der Waals surface area contributed by atoms with Crippen molar-refractivity contribution in [2.45, 2.75) is 33.2 Å². The van der Waals surface area contributed by atoms with E-state index in [4.69, 9.17) is 21.1 Å². The highest BCUT2D eigenvalue weighted by atomic mass is 35.5. The lowest BCUT2D eigenvalue weighted by Gasteiger charge is -2.29. The van der Waals surface area contributed by atoms with Gasteiger partial charge in [0.25, 0.3) is 0 Å². The van der Waals surface area contributed by atoms with Gasteiger partial charge in [0, 0.05) is 18.1 Å². The van der Waals surface area contributed by atoms with Crippen molar-refractivity contribution < 1.29 is 23.9 Å². The number of nitrogens with one attached hydrogen (secondary N) is 4. The maximum atomic E-state index is 12.9. The standard InChI is InChI=1S/C25H32ClN5O5/c1-25(2,22(32)35-3)16-31(23(33)27-14-17-6-8-19(26)9-7-17)24(34)29-30-28-20-10-12-21(13-11-20)36-15-18-4-5-18/h6-13,18,28,30H,4-5,14-16H2,1-3H3,(H,27,33)(H,29,34). The lowest BCUT2D eigenvalue weighted by atomic mass is 9.93. The molecule has 36 heavy (non-hydrogen) atoms. The number of anilines is 1. The van der Waals surface area contributed by atoms with E-state index in [0.29, 0.717) is 16.6 Å². The Balaban J connectivity index is 1.56. The number of carbonyl (C=O) groups is 3. The van der Waals surface area contributed by atoms with Crippen LogP contribution in [0.5, 0.6) is 5.75 Å². The molecule has 0 saturated heterocycles. The van der Waals surface area contributed by atoms with Crippen LogP contribution in [0, 0.1) is 11.3 Å². The van der Waals surface area contributed by atoms with Crippen LogP contribution in [0.3, 0.4) is 0 Å². The number of nitrogens with zero attached hydrogens (tertiary/aromatic N) is 1. The number of esters is 1. The maximum absolute atomic E-state index is 12.9. The topological polar surface area (TPSA) is 121 Å². The summed E-state index contributed by atoms with van der Waals surface area (Å²) < 4.78 is 10.5. The molecule has 0 bridgehead atoms. The van der Waals surface area contributed by atoms with Gasteiger partial charge in [-0.1, -0.05) is 23.7 Å². The second-order valence-electron chi connectivity index (χ2n) is 9.21. The largest absolute Gasteiger partial charge is 0.493 e. The number of rotatable bonds is 11. The van der Waals surface area contributed by atoms with Gasteiger partial charge in [0.1, 0.15) is 5.75 Å². The Morgan fingerprint density at radius 3 is 2.31 bits per heavy atom. The monoisotopic (exact) mass is 517 g/mol. The van der Waals surface area contributed by atoms with Gasteiger partial charge in [-0.05, 0) is 74.6 Å². The number of amides is 4. The number of ether oxygens (including phenoxy) is 2. The molecule has 3 rings (SSSR count). The van der Waals surface area contributed by atoms with Gasteiger partial charge in [-0.15, -0.1) is 5.53 Å². The summed E-state index contributed by atoms with van der Waals surface area (Å²) in [6.45, 7) is 3.85. The Labute approximate surface area is 215 Å². The molecule has 0 heterocycles.